The fraction of sp³-hybridized carbons (Fsp3) is 0.192. The average molecular weight is 536 g/mol. The molecule has 0 saturated carbocycles. The highest BCUT2D eigenvalue weighted by Crippen LogP contribution is 2.33. The number of carbonyl (C=O) groups excluding carboxylic acids is 1. The van der Waals surface area contributed by atoms with E-state index >= 15 is 0 Å². The molecule has 1 atom stereocenters. The molecule has 4 heterocycles. The van der Waals surface area contributed by atoms with Gasteiger partial charge in [0.15, 0.2) is 4.80 Å². The van der Waals surface area contributed by atoms with Gasteiger partial charge in [0.25, 0.3) is 11.2 Å². The van der Waals surface area contributed by atoms with Crippen LogP contribution in [0.25, 0.3) is 17.4 Å². The second kappa shape index (κ2) is 9.75. The molecule has 11 heteroatoms. The summed E-state index contributed by atoms with van der Waals surface area (Å²) in [6.45, 7) is 5.52. The van der Waals surface area contributed by atoms with E-state index in [-0.39, 0.29) is 17.9 Å². The van der Waals surface area contributed by atoms with Crippen LogP contribution in [0.5, 0.6) is 0 Å². The Morgan fingerprint density at radius 3 is 2.78 bits per heavy atom. The van der Waals surface area contributed by atoms with E-state index in [0.717, 1.165) is 10.4 Å². The number of benzene rings is 1. The van der Waals surface area contributed by atoms with E-state index in [1.165, 1.54) is 39.4 Å². The number of hydrogen-bond donors (Lipinski definition) is 0. The largest absolute Gasteiger partial charge is 0.463 e. The average Bonchev–Trinajstić information content (AvgIpc) is 3.61. The van der Waals surface area contributed by atoms with Crippen molar-refractivity contribution >= 4 is 40.4 Å². The van der Waals surface area contributed by atoms with E-state index in [9.17, 15) is 19.7 Å². The fourth-order valence-electron chi connectivity index (χ4n) is 4.20. The maximum Gasteiger partial charge on any atom is 0.338 e. The zero-order valence-electron chi connectivity index (χ0n) is 20.1. The van der Waals surface area contributed by atoms with Crippen LogP contribution >= 0.6 is 22.7 Å². The Balaban J connectivity index is 1.61. The molecule has 0 amide bonds. The lowest BCUT2D eigenvalue weighted by molar-refractivity contribution is -0.384. The van der Waals surface area contributed by atoms with Gasteiger partial charge in [-0.2, -0.15) is 0 Å². The summed E-state index contributed by atoms with van der Waals surface area (Å²) in [6, 6.07) is 11.1. The van der Waals surface area contributed by atoms with Crippen LogP contribution in [-0.2, 0) is 9.53 Å². The van der Waals surface area contributed by atoms with E-state index in [1.54, 1.807) is 38.1 Å². The van der Waals surface area contributed by atoms with Gasteiger partial charge in [0.05, 0.1) is 27.3 Å². The number of nitro benzene ring substituents is 1. The zero-order chi connectivity index (χ0) is 26.3. The Morgan fingerprint density at radius 1 is 1.27 bits per heavy atom. The molecule has 1 aromatic carbocycles. The number of aryl methyl sites for hydroxylation is 1. The summed E-state index contributed by atoms with van der Waals surface area (Å²) in [4.78, 5) is 43.1. The van der Waals surface area contributed by atoms with Crippen molar-refractivity contribution in [2.24, 2.45) is 4.99 Å². The third kappa shape index (κ3) is 4.47. The number of furan rings is 1. The third-order valence-corrected chi connectivity index (χ3v) is 7.83. The Labute approximate surface area is 218 Å². The Bertz CT molecular complexity index is 1740. The molecule has 4 aromatic rings. The third-order valence-electron chi connectivity index (χ3n) is 5.93. The number of allylic oxidation sites excluding steroid dienone is 1. The number of thiophene rings is 1. The first kappa shape index (κ1) is 24.6. The maximum absolute atomic E-state index is 13.6. The Kier molecular flexibility index (Phi) is 6.48. The van der Waals surface area contributed by atoms with Crippen molar-refractivity contribution in [2.75, 3.05) is 6.61 Å². The first-order chi connectivity index (χ1) is 17.8. The molecule has 1 aliphatic rings. The van der Waals surface area contributed by atoms with Crippen LogP contribution in [0.15, 0.2) is 73.3 Å². The number of hydrogen-bond acceptors (Lipinski definition) is 9. The molecule has 0 N–H and O–H groups in total. The quantitative estimate of drug-likeness (QED) is 0.206. The number of rotatable bonds is 6. The summed E-state index contributed by atoms with van der Waals surface area (Å²) in [6.07, 6.45) is 1.62. The zero-order valence-corrected chi connectivity index (χ0v) is 21.7. The predicted molar refractivity (Wildman–Crippen MR) is 140 cm³/mol. The summed E-state index contributed by atoms with van der Waals surface area (Å²) >= 11 is 2.65. The molecule has 0 saturated heterocycles. The molecule has 37 heavy (non-hydrogen) atoms. The van der Waals surface area contributed by atoms with Crippen LogP contribution in [0.2, 0.25) is 0 Å². The number of aromatic nitrogens is 1. The van der Waals surface area contributed by atoms with Crippen molar-refractivity contribution in [3.8, 4) is 11.3 Å². The number of nitro groups is 1. The highest BCUT2D eigenvalue weighted by molar-refractivity contribution is 7.10. The standard InChI is InChI=1S/C26H21N3O6S2/c1-4-34-25(31)22-15(3)27-26-28(23(22)20-6-5-11-36-20)24(30)21(37-26)13-17-9-10-19(35-17)18-12-16(29(32)33)8-7-14(18)2/h5-13,23H,4H2,1-3H3/b21-13-. The number of fused-ring (bicyclic) bond motifs is 1. The van der Waals surface area contributed by atoms with Gasteiger partial charge < -0.3 is 9.15 Å². The lowest BCUT2D eigenvalue weighted by Crippen LogP contribution is -2.39. The highest BCUT2D eigenvalue weighted by atomic mass is 32.1. The van der Waals surface area contributed by atoms with Gasteiger partial charge >= 0.3 is 5.97 Å². The summed E-state index contributed by atoms with van der Waals surface area (Å²) in [5.74, 6) is 0.372. The molecule has 0 aliphatic carbocycles. The van der Waals surface area contributed by atoms with Gasteiger partial charge in [-0.1, -0.05) is 23.5 Å². The predicted octanol–water partition coefficient (Wildman–Crippen LogP) is 4.34. The van der Waals surface area contributed by atoms with Crippen LogP contribution < -0.4 is 14.9 Å². The Morgan fingerprint density at radius 2 is 2.08 bits per heavy atom. The minimum absolute atomic E-state index is 0.0341. The molecule has 3 aromatic heterocycles. The van der Waals surface area contributed by atoms with Crippen molar-refractivity contribution in [3.63, 3.8) is 0 Å². The van der Waals surface area contributed by atoms with Gasteiger partial charge in [-0.05, 0) is 49.9 Å². The first-order valence-corrected chi connectivity index (χ1v) is 13.1. The Hall–Kier alpha value is -4.09. The number of nitrogens with zero attached hydrogens (tertiary/aromatic N) is 3. The van der Waals surface area contributed by atoms with Crippen molar-refractivity contribution in [1.29, 1.82) is 0 Å². The molecule has 0 bridgehead atoms. The molecule has 0 spiro atoms. The van der Waals surface area contributed by atoms with Gasteiger partial charge in [0, 0.05) is 28.6 Å². The van der Waals surface area contributed by atoms with Crippen LogP contribution in [0, 0.1) is 17.0 Å². The van der Waals surface area contributed by atoms with Crippen LogP contribution in [0.3, 0.4) is 0 Å². The summed E-state index contributed by atoms with van der Waals surface area (Å²) in [7, 11) is 0. The van der Waals surface area contributed by atoms with Crippen LogP contribution in [0.1, 0.15) is 36.1 Å². The van der Waals surface area contributed by atoms with Gasteiger partial charge in [-0.25, -0.2) is 9.79 Å². The number of non-ortho nitro benzene ring substituents is 1. The van der Waals surface area contributed by atoms with E-state index in [4.69, 9.17) is 9.15 Å². The van der Waals surface area contributed by atoms with E-state index in [1.807, 2.05) is 24.4 Å². The molecule has 9 nitrogen and oxygen atoms in total. The summed E-state index contributed by atoms with van der Waals surface area (Å²) in [5, 5.41) is 13.1. The molecule has 1 unspecified atom stereocenters. The smallest absolute Gasteiger partial charge is 0.338 e. The molecule has 1 aliphatic heterocycles. The lowest BCUT2D eigenvalue weighted by Gasteiger charge is -2.23. The summed E-state index contributed by atoms with van der Waals surface area (Å²) in [5.41, 5.74) is 1.93. The first-order valence-electron chi connectivity index (χ1n) is 11.4. The van der Waals surface area contributed by atoms with Gasteiger partial charge in [0.2, 0.25) is 0 Å². The number of esters is 1. The molecule has 0 radical (unpaired) electrons. The maximum atomic E-state index is 13.6. The van der Waals surface area contributed by atoms with Crippen LogP contribution in [-0.4, -0.2) is 22.1 Å². The second-order valence-corrected chi connectivity index (χ2v) is 10.3. The monoisotopic (exact) mass is 535 g/mol. The topological polar surface area (TPSA) is 117 Å². The lowest BCUT2D eigenvalue weighted by atomic mass is 10.0. The van der Waals surface area contributed by atoms with E-state index in [2.05, 4.69) is 4.99 Å². The van der Waals surface area contributed by atoms with Crippen molar-refractivity contribution in [3.05, 3.63) is 105 Å². The van der Waals surface area contributed by atoms with Gasteiger partial charge in [-0.15, -0.1) is 11.3 Å². The molecule has 5 rings (SSSR count). The number of thiazole rings is 1. The summed E-state index contributed by atoms with van der Waals surface area (Å²) < 4.78 is 13.1. The number of carbonyl (C=O) groups is 1. The molecule has 0 fully saturated rings. The minimum Gasteiger partial charge on any atom is -0.463 e. The SMILES string of the molecule is CCOC(=O)C1=C(C)N=c2s/c(=C\c3ccc(-c4cc([N+](=O)[O-])ccc4C)o3)c(=O)n2C1c1cccs1. The van der Waals surface area contributed by atoms with Gasteiger partial charge in [-0.3, -0.25) is 19.5 Å². The minimum atomic E-state index is -0.642. The second-order valence-electron chi connectivity index (χ2n) is 8.28. The van der Waals surface area contributed by atoms with E-state index < -0.39 is 16.9 Å². The van der Waals surface area contributed by atoms with Crippen molar-refractivity contribution in [1.82, 2.24) is 4.57 Å². The molecule has 188 valence electrons. The fourth-order valence-corrected chi connectivity index (χ4v) is 6.05. The number of ether oxygens (including phenoxy) is 1. The normalized spacial score (nSPS) is 15.4. The van der Waals surface area contributed by atoms with Crippen LogP contribution in [0.4, 0.5) is 5.69 Å². The van der Waals surface area contributed by atoms with Gasteiger partial charge in [0.1, 0.15) is 17.6 Å². The highest BCUT2D eigenvalue weighted by Gasteiger charge is 2.33. The van der Waals surface area contributed by atoms with Crippen molar-refractivity contribution in [2.45, 2.75) is 26.8 Å². The molecular weight excluding hydrogens is 514 g/mol. The van der Waals surface area contributed by atoms with E-state index in [0.29, 0.717) is 37.7 Å². The van der Waals surface area contributed by atoms with Crippen molar-refractivity contribution < 1.29 is 18.9 Å². The molecular formula is C26H21N3O6S2.